The highest BCUT2D eigenvalue weighted by Crippen LogP contribution is 2.21. The van der Waals surface area contributed by atoms with Gasteiger partial charge in [-0.25, -0.2) is 4.79 Å². The van der Waals surface area contributed by atoms with Gasteiger partial charge in [-0.2, -0.15) is 0 Å². The van der Waals surface area contributed by atoms with E-state index in [9.17, 15) is 4.79 Å². The Balaban J connectivity index is 2.97. The van der Waals surface area contributed by atoms with Gasteiger partial charge in [0.2, 0.25) is 0 Å². The van der Waals surface area contributed by atoms with Gasteiger partial charge in [0.25, 0.3) is 0 Å². The van der Waals surface area contributed by atoms with E-state index in [0.29, 0.717) is 12.2 Å². The monoisotopic (exact) mass is 316 g/mol. The number of ether oxygens (including phenoxy) is 1. The highest BCUT2D eigenvalue weighted by molar-refractivity contribution is 9.09. The molecule has 0 aliphatic carbocycles. The van der Waals surface area contributed by atoms with Crippen molar-refractivity contribution in [3.8, 4) is 0 Å². The number of hydrogen-bond donors (Lipinski definition) is 0. The van der Waals surface area contributed by atoms with Crippen LogP contribution in [-0.2, 0) is 11.2 Å². The Kier molecular flexibility index (Phi) is 6.66. The summed E-state index contributed by atoms with van der Waals surface area (Å²) in [5.74, 6) is -0.218. The number of halogens is 1. The molecule has 0 aromatic heterocycles. The molecular weight excluding hydrogens is 300 g/mol. The number of benzene rings is 1. The SMILES string of the molecule is CCOC(=O)c1ccc(SC)cc1CCCBr. The molecule has 1 rings (SSSR count). The van der Waals surface area contributed by atoms with E-state index in [1.54, 1.807) is 11.8 Å². The predicted octanol–water partition coefficient (Wildman–Crippen LogP) is 3.91. The first-order valence-electron chi connectivity index (χ1n) is 5.63. The summed E-state index contributed by atoms with van der Waals surface area (Å²) in [5.41, 5.74) is 1.78. The van der Waals surface area contributed by atoms with Crippen molar-refractivity contribution in [2.24, 2.45) is 0 Å². The van der Waals surface area contributed by atoms with Crippen molar-refractivity contribution < 1.29 is 9.53 Å². The third-order valence-electron chi connectivity index (χ3n) is 2.39. The summed E-state index contributed by atoms with van der Waals surface area (Å²) in [6, 6.07) is 5.92. The van der Waals surface area contributed by atoms with Crippen molar-refractivity contribution in [2.45, 2.75) is 24.7 Å². The summed E-state index contributed by atoms with van der Waals surface area (Å²) in [5, 5.41) is 0.943. The number of thioether (sulfide) groups is 1. The number of esters is 1. The molecule has 0 atom stereocenters. The highest BCUT2D eigenvalue weighted by Gasteiger charge is 2.12. The first kappa shape index (κ1) is 14.6. The Morgan fingerprint density at radius 3 is 2.82 bits per heavy atom. The summed E-state index contributed by atoms with van der Waals surface area (Å²) >= 11 is 5.10. The van der Waals surface area contributed by atoms with Gasteiger partial charge in [-0.3, -0.25) is 0 Å². The molecule has 0 unspecified atom stereocenters. The zero-order chi connectivity index (χ0) is 12.7. The molecule has 0 heterocycles. The first-order chi connectivity index (χ1) is 8.22. The van der Waals surface area contributed by atoms with Crippen LogP contribution >= 0.6 is 27.7 Å². The molecule has 0 fully saturated rings. The maximum atomic E-state index is 11.8. The molecule has 0 saturated carbocycles. The number of carbonyl (C=O) groups excluding carboxylic acids is 1. The van der Waals surface area contributed by atoms with Crippen LogP contribution < -0.4 is 0 Å². The molecule has 0 aliphatic heterocycles. The number of rotatable bonds is 6. The summed E-state index contributed by atoms with van der Waals surface area (Å²) in [6.07, 6.45) is 3.95. The maximum Gasteiger partial charge on any atom is 0.338 e. The van der Waals surface area contributed by atoms with E-state index < -0.39 is 0 Å². The van der Waals surface area contributed by atoms with Crippen molar-refractivity contribution in [3.05, 3.63) is 29.3 Å². The van der Waals surface area contributed by atoms with E-state index in [1.807, 2.05) is 25.3 Å². The highest BCUT2D eigenvalue weighted by atomic mass is 79.9. The predicted molar refractivity (Wildman–Crippen MR) is 76.3 cm³/mol. The third kappa shape index (κ3) is 4.36. The summed E-state index contributed by atoms with van der Waals surface area (Å²) in [4.78, 5) is 13.0. The zero-order valence-corrected chi connectivity index (χ0v) is 12.6. The molecule has 4 heteroatoms. The first-order valence-corrected chi connectivity index (χ1v) is 7.97. The molecule has 1 aromatic rings. The van der Waals surface area contributed by atoms with Crippen molar-refractivity contribution in [3.63, 3.8) is 0 Å². The zero-order valence-electron chi connectivity index (χ0n) is 10.2. The molecule has 0 aliphatic rings. The lowest BCUT2D eigenvalue weighted by atomic mass is 10.0. The van der Waals surface area contributed by atoms with Crippen LogP contribution in [0.1, 0.15) is 29.3 Å². The van der Waals surface area contributed by atoms with Crippen molar-refractivity contribution in [2.75, 3.05) is 18.2 Å². The number of aryl methyl sites for hydroxylation is 1. The van der Waals surface area contributed by atoms with E-state index in [4.69, 9.17) is 4.74 Å². The smallest absolute Gasteiger partial charge is 0.338 e. The minimum atomic E-state index is -0.218. The van der Waals surface area contributed by atoms with Crippen LogP contribution in [0.4, 0.5) is 0 Å². The normalized spacial score (nSPS) is 10.3. The van der Waals surface area contributed by atoms with Gasteiger partial charge in [0, 0.05) is 10.2 Å². The molecule has 0 amide bonds. The van der Waals surface area contributed by atoms with Gasteiger partial charge >= 0.3 is 5.97 Å². The minimum absolute atomic E-state index is 0.218. The molecule has 94 valence electrons. The van der Waals surface area contributed by atoms with Crippen molar-refractivity contribution in [1.82, 2.24) is 0 Å². The second-order valence-corrected chi connectivity index (χ2v) is 5.21. The Morgan fingerprint density at radius 2 is 2.24 bits per heavy atom. The summed E-state index contributed by atoms with van der Waals surface area (Å²) < 4.78 is 5.06. The van der Waals surface area contributed by atoms with Gasteiger partial charge in [-0.1, -0.05) is 15.9 Å². The third-order valence-corrected chi connectivity index (χ3v) is 3.67. The molecule has 1 aromatic carbocycles. The average Bonchev–Trinajstić information content (AvgIpc) is 2.36. The van der Waals surface area contributed by atoms with Crippen LogP contribution in [-0.4, -0.2) is 24.2 Å². The number of alkyl halides is 1. The molecule has 0 N–H and O–H groups in total. The van der Waals surface area contributed by atoms with Gasteiger partial charge in [0.05, 0.1) is 12.2 Å². The van der Waals surface area contributed by atoms with Crippen LogP contribution in [0.2, 0.25) is 0 Å². The van der Waals surface area contributed by atoms with Crippen LogP contribution in [0.3, 0.4) is 0 Å². The Labute approximate surface area is 115 Å². The van der Waals surface area contributed by atoms with Gasteiger partial charge < -0.3 is 4.74 Å². The van der Waals surface area contributed by atoms with Crippen LogP contribution in [0.5, 0.6) is 0 Å². The second-order valence-electron chi connectivity index (χ2n) is 3.54. The van der Waals surface area contributed by atoms with E-state index >= 15 is 0 Å². The topological polar surface area (TPSA) is 26.3 Å². The molecule has 0 bridgehead atoms. The fourth-order valence-electron chi connectivity index (χ4n) is 1.57. The van der Waals surface area contributed by atoms with E-state index in [0.717, 1.165) is 23.7 Å². The molecular formula is C13H17BrO2S. The average molecular weight is 317 g/mol. The standard InChI is InChI=1S/C13H17BrO2S/c1-3-16-13(15)12-7-6-11(17-2)9-10(12)5-4-8-14/h6-7,9H,3-5,8H2,1-2H3. The number of hydrogen-bond acceptors (Lipinski definition) is 3. The quantitative estimate of drug-likeness (QED) is 0.452. The van der Waals surface area contributed by atoms with Crippen LogP contribution in [0, 0.1) is 0 Å². The Morgan fingerprint density at radius 1 is 1.47 bits per heavy atom. The van der Waals surface area contributed by atoms with Gasteiger partial charge in [-0.05, 0) is 49.8 Å². The summed E-state index contributed by atoms with van der Waals surface area (Å²) in [7, 11) is 0. The van der Waals surface area contributed by atoms with E-state index in [1.165, 1.54) is 4.90 Å². The largest absolute Gasteiger partial charge is 0.462 e. The molecule has 0 spiro atoms. The fraction of sp³-hybridized carbons (Fsp3) is 0.462. The molecule has 2 nitrogen and oxygen atoms in total. The van der Waals surface area contributed by atoms with Gasteiger partial charge in [-0.15, -0.1) is 11.8 Å². The van der Waals surface area contributed by atoms with E-state index in [-0.39, 0.29) is 5.97 Å². The Hall–Kier alpha value is -0.480. The molecule has 17 heavy (non-hydrogen) atoms. The van der Waals surface area contributed by atoms with E-state index in [2.05, 4.69) is 22.0 Å². The van der Waals surface area contributed by atoms with Gasteiger partial charge in [0.15, 0.2) is 0 Å². The lowest BCUT2D eigenvalue weighted by molar-refractivity contribution is 0.0525. The fourth-order valence-corrected chi connectivity index (χ4v) is 2.31. The lowest BCUT2D eigenvalue weighted by Gasteiger charge is -2.09. The minimum Gasteiger partial charge on any atom is -0.462 e. The van der Waals surface area contributed by atoms with Crippen molar-refractivity contribution >= 4 is 33.7 Å². The molecule has 0 radical (unpaired) electrons. The number of carbonyl (C=O) groups is 1. The Bertz CT molecular complexity index is 380. The lowest BCUT2D eigenvalue weighted by Crippen LogP contribution is -2.08. The summed E-state index contributed by atoms with van der Waals surface area (Å²) in [6.45, 7) is 2.24. The second kappa shape index (κ2) is 7.77. The van der Waals surface area contributed by atoms with Crippen LogP contribution in [0.15, 0.2) is 23.1 Å². The van der Waals surface area contributed by atoms with Crippen molar-refractivity contribution in [1.29, 1.82) is 0 Å². The molecule has 0 saturated heterocycles. The van der Waals surface area contributed by atoms with Gasteiger partial charge in [0.1, 0.15) is 0 Å². The maximum absolute atomic E-state index is 11.8. The van der Waals surface area contributed by atoms with Crippen LogP contribution in [0.25, 0.3) is 0 Å².